The second kappa shape index (κ2) is 9.58. The van der Waals surface area contributed by atoms with Gasteiger partial charge in [-0.15, -0.1) is 0 Å². The number of piperidine rings is 1. The van der Waals surface area contributed by atoms with Crippen molar-refractivity contribution in [2.75, 3.05) is 18.6 Å². The van der Waals surface area contributed by atoms with Crippen LogP contribution in [0.15, 0.2) is 12.1 Å². The number of rotatable bonds is 4. The van der Waals surface area contributed by atoms with Crippen molar-refractivity contribution >= 4 is 34.7 Å². The fraction of sp³-hybridized carbons (Fsp3) is 0.655. The highest BCUT2D eigenvalue weighted by atomic mass is 16.5. The van der Waals surface area contributed by atoms with Crippen molar-refractivity contribution in [3.05, 3.63) is 23.5 Å². The largest absolute Gasteiger partial charge is 0.481 e. The van der Waals surface area contributed by atoms with Gasteiger partial charge in [-0.3, -0.25) is 14.5 Å². The molecule has 1 unspecified atom stereocenters. The van der Waals surface area contributed by atoms with Crippen molar-refractivity contribution in [2.24, 2.45) is 11.3 Å². The molecule has 9 nitrogen and oxygen atoms in total. The Morgan fingerprint density at radius 2 is 1.97 bits per heavy atom. The maximum atomic E-state index is 13.2. The van der Waals surface area contributed by atoms with E-state index >= 15 is 0 Å². The lowest BCUT2D eigenvalue weighted by molar-refractivity contribution is -0.143. The zero-order valence-electron chi connectivity index (χ0n) is 22.4. The van der Waals surface area contributed by atoms with Crippen molar-refractivity contribution in [3.63, 3.8) is 0 Å². The monoisotopic (exact) mass is 522 g/mol. The minimum atomic E-state index is -0.738. The zero-order valence-corrected chi connectivity index (χ0v) is 22.4. The molecule has 204 valence electrons. The lowest BCUT2D eigenvalue weighted by atomic mass is 9.63. The lowest BCUT2D eigenvalue weighted by Crippen LogP contribution is -2.47. The second-order valence-electron chi connectivity index (χ2n) is 12.0. The molecule has 3 fully saturated rings. The summed E-state index contributed by atoms with van der Waals surface area (Å²) in [5.74, 6) is -0.0832. The van der Waals surface area contributed by atoms with Crippen LogP contribution in [0.4, 0.5) is 10.5 Å². The summed E-state index contributed by atoms with van der Waals surface area (Å²) in [5, 5.41) is 9.77. The van der Waals surface area contributed by atoms with Crippen LogP contribution in [-0.2, 0) is 27.3 Å². The van der Waals surface area contributed by atoms with E-state index < -0.39 is 5.97 Å². The summed E-state index contributed by atoms with van der Waals surface area (Å²) in [7, 11) is 1.40. The first-order chi connectivity index (χ1) is 18.3. The van der Waals surface area contributed by atoms with Gasteiger partial charge in [-0.05, 0) is 75.8 Å². The number of hydrogen-bond acceptors (Lipinski definition) is 5. The molecule has 38 heavy (non-hydrogen) atoms. The number of methoxy groups -OCH3 is 1. The van der Waals surface area contributed by atoms with Gasteiger partial charge in [0.1, 0.15) is 5.82 Å². The van der Waals surface area contributed by atoms with Crippen LogP contribution in [0.2, 0.25) is 0 Å². The molecule has 3 atom stereocenters. The average Bonchev–Trinajstić information content (AvgIpc) is 3.26. The van der Waals surface area contributed by atoms with Crippen LogP contribution in [0.25, 0.3) is 11.0 Å². The van der Waals surface area contributed by atoms with Gasteiger partial charge in [-0.2, -0.15) is 0 Å². The first-order valence-corrected chi connectivity index (χ1v) is 14.2. The summed E-state index contributed by atoms with van der Waals surface area (Å²) in [6.07, 6.45) is 9.44. The SMILES string of the molecule is COC(=O)N1c2ccc3c(nc(CN4CCC5(CCC5)CC4=O)n3[C@@H]3CCC[C@@H](C(=O)O)C3)c2CCC1C. The molecule has 4 aliphatic rings. The Bertz CT molecular complexity index is 1280. The van der Waals surface area contributed by atoms with Crippen molar-refractivity contribution in [3.8, 4) is 0 Å². The molecule has 9 heteroatoms. The molecule has 1 saturated heterocycles. The van der Waals surface area contributed by atoms with Crippen LogP contribution in [-0.4, -0.2) is 57.2 Å². The summed E-state index contributed by atoms with van der Waals surface area (Å²) in [6, 6.07) is 4.04. The third-order valence-corrected chi connectivity index (χ3v) is 9.80. The summed E-state index contributed by atoms with van der Waals surface area (Å²) < 4.78 is 7.32. The number of aromatic nitrogens is 2. The van der Waals surface area contributed by atoms with Crippen LogP contribution < -0.4 is 4.90 Å². The van der Waals surface area contributed by atoms with Gasteiger partial charge in [0.2, 0.25) is 5.91 Å². The van der Waals surface area contributed by atoms with Gasteiger partial charge in [-0.25, -0.2) is 9.78 Å². The summed E-state index contributed by atoms with van der Waals surface area (Å²) in [4.78, 5) is 46.6. The Kier molecular flexibility index (Phi) is 6.35. The number of hydrogen-bond donors (Lipinski definition) is 1. The number of benzene rings is 1. The second-order valence-corrected chi connectivity index (χ2v) is 12.0. The molecule has 0 bridgehead atoms. The highest BCUT2D eigenvalue weighted by Crippen LogP contribution is 2.49. The average molecular weight is 523 g/mol. The van der Waals surface area contributed by atoms with Crippen molar-refractivity contribution in [2.45, 2.75) is 96.2 Å². The molecule has 2 amide bonds. The standard InChI is InChI=1S/C29H38N4O5/c1-18-7-8-21-22(32(18)28(37)38-2)9-10-23-26(21)30-24(33(23)20-6-3-5-19(15-20)27(35)36)17-31-14-13-29(11-4-12-29)16-25(31)34/h9-10,18-20H,3-8,11-17H2,1-2H3,(H,35,36)/t18?,19-,20-/m1/s1. The minimum absolute atomic E-state index is 0.0139. The number of carbonyl (C=O) groups is 3. The number of imidazole rings is 1. The normalized spacial score (nSPS) is 26.8. The summed E-state index contributed by atoms with van der Waals surface area (Å²) in [6.45, 7) is 3.21. The number of aliphatic carboxylic acids is 1. The Labute approximate surface area is 223 Å². The molecule has 1 N–H and O–H groups in total. The molecule has 0 radical (unpaired) electrons. The highest BCUT2D eigenvalue weighted by Gasteiger charge is 2.43. The zero-order chi connectivity index (χ0) is 26.6. The number of nitrogens with zero attached hydrogens (tertiary/aromatic N) is 4. The molecule has 1 aromatic carbocycles. The van der Waals surface area contributed by atoms with Gasteiger partial charge in [-0.1, -0.05) is 12.8 Å². The Balaban J connectivity index is 1.41. The smallest absolute Gasteiger partial charge is 0.414 e. The minimum Gasteiger partial charge on any atom is -0.481 e. The number of fused-ring (bicyclic) bond motifs is 3. The van der Waals surface area contributed by atoms with Crippen LogP contribution in [0, 0.1) is 11.3 Å². The molecule has 2 aliphatic carbocycles. The summed E-state index contributed by atoms with van der Waals surface area (Å²) in [5.41, 5.74) is 3.89. The first-order valence-electron chi connectivity index (χ1n) is 14.2. The molecule has 6 rings (SSSR count). The van der Waals surface area contributed by atoms with E-state index in [2.05, 4.69) is 4.57 Å². The highest BCUT2D eigenvalue weighted by molar-refractivity contribution is 5.95. The van der Waals surface area contributed by atoms with E-state index in [1.165, 1.54) is 13.5 Å². The number of carbonyl (C=O) groups excluding carboxylic acids is 2. The topological polar surface area (TPSA) is 105 Å². The fourth-order valence-electron chi connectivity index (χ4n) is 7.42. The molecular formula is C29H38N4O5. The molecule has 3 heterocycles. The van der Waals surface area contributed by atoms with E-state index in [4.69, 9.17) is 9.72 Å². The fourth-order valence-corrected chi connectivity index (χ4v) is 7.42. The van der Waals surface area contributed by atoms with Crippen molar-refractivity contribution in [1.29, 1.82) is 0 Å². The van der Waals surface area contributed by atoms with Gasteiger partial charge >= 0.3 is 12.1 Å². The quantitative estimate of drug-likeness (QED) is 0.602. The Morgan fingerprint density at radius 1 is 1.16 bits per heavy atom. The molecule has 2 saturated carbocycles. The van der Waals surface area contributed by atoms with Crippen LogP contribution >= 0.6 is 0 Å². The molecule has 2 aromatic rings. The molecule has 1 spiro atoms. The predicted octanol–water partition coefficient (Wildman–Crippen LogP) is 5.05. The maximum absolute atomic E-state index is 13.2. The van der Waals surface area contributed by atoms with Gasteiger partial charge in [0.25, 0.3) is 0 Å². The first kappa shape index (κ1) is 25.2. The number of carboxylic acid groups (broad SMARTS) is 1. The van der Waals surface area contributed by atoms with E-state index in [1.807, 2.05) is 24.0 Å². The van der Waals surface area contributed by atoms with Gasteiger partial charge in [0, 0.05) is 30.6 Å². The van der Waals surface area contributed by atoms with E-state index in [0.717, 1.165) is 79.6 Å². The number of ether oxygens (including phenoxy) is 1. The number of aryl methyl sites for hydroxylation is 1. The molecule has 1 aromatic heterocycles. The van der Waals surface area contributed by atoms with Gasteiger partial charge < -0.3 is 19.3 Å². The maximum Gasteiger partial charge on any atom is 0.414 e. The third kappa shape index (κ3) is 4.14. The van der Waals surface area contributed by atoms with Crippen LogP contribution in [0.1, 0.15) is 88.6 Å². The Morgan fingerprint density at radius 3 is 2.66 bits per heavy atom. The number of carboxylic acids is 1. The Hall–Kier alpha value is -3.10. The number of anilines is 1. The van der Waals surface area contributed by atoms with Gasteiger partial charge in [0.15, 0.2) is 0 Å². The summed E-state index contributed by atoms with van der Waals surface area (Å²) >= 11 is 0. The molecular weight excluding hydrogens is 484 g/mol. The van der Waals surface area contributed by atoms with E-state index in [9.17, 15) is 19.5 Å². The third-order valence-electron chi connectivity index (χ3n) is 9.80. The van der Waals surface area contributed by atoms with Gasteiger partial charge in [0.05, 0.1) is 36.3 Å². The van der Waals surface area contributed by atoms with Crippen molar-refractivity contribution < 1.29 is 24.2 Å². The van der Waals surface area contributed by atoms with Crippen molar-refractivity contribution in [1.82, 2.24) is 14.5 Å². The van der Waals surface area contributed by atoms with Crippen LogP contribution in [0.3, 0.4) is 0 Å². The lowest BCUT2D eigenvalue weighted by Gasteiger charge is -2.47. The van der Waals surface area contributed by atoms with E-state index in [-0.39, 0.29) is 35.4 Å². The van der Waals surface area contributed by atoms with E-state index in [0.29, 0.717) is 25.8 Å². The van der Waals surface area contributed by atoms with E-state index in [1.54, 1.807) is 4.90 Å². The van der Waals surface area contributed by atoms with Crippen LogP contribution in [0.5, 0.6) is 0 Å². The number of likely N-dealkylation sites (tertiary alicyclic amines) is 1. The molecule has 2 aliphatic heterocycles. The predicted molar refractivity (Wildman–Crippen MR) is 142 cm³/mol. The number of amides is 2.